The van der Waals surface area contributed by atoms with Gasteiger partial charge in [0.1, 0.15) is 0 Å². The van der Waals surface area contributed by atoms with E-state index in [4.69, 9.17) is 5.73 Å². The van der Waals surface area contributed by atoms with Crippen molar-refractivity contribution in [2.24, 2.45) is 5.73 Å². The lowest BCUT2D eigenvalue weighted by atomic mass is 10.0. The van der Waals surface area contributed by atoms with Gasteiger partial charge in [0.15, 0.2) is 0 Å². The third-order valence-electron chi connectivity index (χ3n) is 2.69. The van der Waals surface area contributed by atoms with E-state index in [2.05, 4.69) is 39.1 Å². The zero-order chi connectivity index (χ0) is 12.3. The number of nitrogens with two attached hydrogens (primary N) is 1. The lowest BCUT2D eigenvalue weighted by Crippen LogP contribution is -2.13. The van der Waals surface area contributed by atoms with E-state index < -0.39 is 0 Å². The number of pyridine rings is 1. The number of hydrogen-bond acceptors (Lipinski definition) is 2. The standard InChI is InChI=1S/C14H15BrN2/c1-10-6-12(9-17-8-10)14(16)7-11-2-4-13(15)5-3-11/h2-6,8-9,14H,7,16H2,1H3. The lowest BCUT2D eigenvalue weighted by Gasteiger charge is -2.12. The second kappa shape index (κ2) is 5.43. The fraction of sp³-hybridized carbons (Fsp3) is 0.214. The van der Waals surface area contributed by atoms with Crippen LogP contribution >= 0.6 is 15.9 Å². The van der Waals surface area contributed by atoms with Crippen LogP contribution in [0.2, 0.25) is 0 Å². The van der Waals surface area contributed by atoms with Gasteiger partial charge in [-0.15, -0.1) is 0 Å². The SMILES string of the molecule is Cc1cncc(C(N)Cc2ccc(Br)cc2)c1. The smallest absolute Gasteiger partial charge is 0.0351 e. The molecule has 0 aliphatic carbocycles. The summed E-state index contributed by atoms with van der Waals surface area (Å²) in [5, 5.41) is 0. The quantitative estimate of drug-likeness (QED) is 0.941. The molecule has 2 aromatic rings. The first kappa shape index (κ1) is 12.3. The van der Waals surface area contributed by atoms with Gasteiger partial charge < -0.3 is 5.73 Å². The van der Waals surface area contributed by atoms with Crippen LogP contribution in [0.4, 0.5) is 0 Å². The Morgan fingerprint density at radius 3 is 2.59 bits per heavy atom. The Bertz CT molecular complexity index is 494. The fourth-order valence-electron chi connectivity index (χ4n) is 1.77. The topological polar surface area (TPSA) is 38.9 Å². The Hall–Kier alpha value is -1.19. The highest BCUT2D eigenvalue weighted by atomic mass is 79.9. The van der Waals surface area contributed by atoms with Crippen molar-refractivity contribution in [1.82, 2.24) is 4.98 Å². The maximum atomic E-state index is 6.18. The van der Waals surface area contributed by atoms with Gasteiger partial charge in [0.05, 0.1) is 0 Å². The molecule has 0 radical (unpaired) electrons. The molecule has 0 amide bonds. The average Bonchev–Trinajstić information content (AvgIpc) is 2.32. The molecule has 0 aliphatic heterocycles. The number of halogens is 1. The van der Waals surface area contributed by atoms with Gasteiger partial charge in [-0.2, -0.15) is 0 Å². The van der Waals surface area contributed by atoms with Crippen molar-refractivity contribution in [2.75, 3.05) is 0 Å². The third-order valence-corrected chi connectivity index (χ3v) is 3.22. The molecule has 1 unspecified atom stereocenters. The predicted octanol–water partition coefficient (Wildman–Crippen LogP) is 3.40. The van der Waals surface area contributed by atoms with E-state index in [1.165, 1.54) is 5.56 Å². The summed E-state index contributed by atoms with van der Waals surface area (Å²) in [6, 6.07) is 10.4. The number of aromatic nitrogens is 1. The molecule has 0 saturated carbocycles. The summed E-state index contributed by atoms with van der Waals surface area (Å²) in [7, 11) is 0. The predicted molar refractivity (Wildman–Crippen MR) is 73.7 cm³/mol. The molecule has 17 heavy (non-hydrogen) atoms. The van der Waals surface area contributed by atoms with Gasteiger partial charge in [0.25, 0.3) is 0 Å². The van der Waals surface area contributed by atoms with Crippen LogP contribution in [0.1, 0.15) is 22.7 Å². The number of hydrogen-bond donors (Lipinski definition) is 1. The maximum absolute atomic E-state index is 6.18. The number of aryl methyl sites for hydroxylation is 1. The van der Waals surface area contributed by atoms with E-state index in [0.717, 1.165) is 22.0 Å². The second-order valence-corrected chi connectivity index (χ2v) is 5.15. The molecule has 2 nitrogen and oxygen atoms in total. The zero-order valence-electron chi connectivity index (χ0n) is 9.73. The molecule has 1 atom stereocenters. The van der Waals surface area contributed by atoms with E-state index >= 15 is 0 Å². The Morgan fingerprint density at radius 1 is 1.24 bits per heavy atom. The van der Waals surface area contributed by atoms with Crippen molar-refractivity contribution in [2.45, 2.75) is 19.4 Å². The van der Waals surface area contributed by atoms with Crippen LogP contribution in [0.3, 0.4) is 0 Å². The first-order chi connectivity index (χ1) is 8.15. The number of rotatable bonds is 3. The maximum Gasteiger partial charge on any atom is 0.0351 e. The highest BCUT2D eigenvalue weighted by molar-refractivity contribution is 9.10. The van der Waals surface area contributed by atoms with Gasteiger partial charge in [-0.1, -0.05) is 34.1 Å². The molecular formula is C14H15BrN2. The molecule has 3 heteroatoms. The summed E-state index contributed by atoms with van der Waals surface area (Å²) in [5.74, 6) is 0. The second-order valence-electron chi connectivity index (χ2n) is 4.23. The van der Waals surface area contributed by atoms with Crippen LogP contribution in [0.5, 0.6) is 0 Å². The van der Waals surface area contributed by atoms with Crippen LogP contribution in [0, 0.1) is 6.92 Å². The van der Waals surface area contributed by atoms with Crippen LogP contribution in [0.15, 0.2) is 47.2 Å². The summed E-state index contributed by atoms with van der Waals surface area (Å²) >= 11 is 3.42. The Balaban J connectivity index is 2.11. The molecule has 2 rings (SSSR count). The van der Waals surface area contributed by atoms with Crippen molar-refractivity contribution < 1.29 is 0 Å². The molecule has 1 heterocycles. The van der Waals surface area contributed by atoms with Gasteiger partial charge in [0.2, 0.25) is 0 Å². The summed E-state index contributed by atoms with van der Waals surface area (Å²) in [5.41, 5.74) is 9.66. The van der Waals surface area contributed by atoms with E-state index in [-0.39, 0.29) is 6.04 Å². The van der Waals surface area contributed by atoms with Gasteiger partial charge >= 0.3 is 0 Å². The first-order valence-electron chi connectivity index (χ1n) is 5.57. The normalized spacial score (nSPS) is 12.4. The number of nitrogens with zero attached hydrogens (tertiary/aromatic N) is 1. The van der Waals surface area contributed by atoms with Crippen LogP contribution in [-0.4, -0.2) is 4.98 Å². The van der Waals surface area contributed by atoms with Gasteiger partial charge in [-0.05, 0) is 42.2 Å². The van der Waals surface area contributed by atoms with Crippen molar-refractivity contribution >= 4 is 15.9 Å². The van der Waals surface area contributed by atoms with Crippen molar-refractivity contribution in [3.8, 4) is 0 Å². The van der Waals surface area contributed by atoms with Gasteiger partial charge in [-0.3, -0.25) is 4.98 Å². The lowest BCUT2D eigenvalue weighted by molar-refractivity contribution is 0.717. The minimum atomic E-state index is 0.00331. The van der Waals surface area contributed by atoms with Crippen LogP contribution < -0.4 is 5.73 Å². The minimum absolute atomic E-state index is 0.00331. The highest BCUT2D eigenvalue weighted by Crippen LogP contribution is 2.18. The van der Waals surface area contributed by atoms with Gasteiger partial charge in [-0.25, -0.2) is 0 Å². The average molecular weight is 291 g/mol. The Labute approximate surface area is 110 Å². The monoisotopic (exact) mass is 290 g/mol. The van der Waals surface area contributed by atoms with Crippen molar-refractivity contribution in [3.63, 3.8) is 0 Å². The minimum Gasteiger partial charge on any atom is -0.324 e. The van der Waals surface area contributed by atoms with E-state index in [1.807, 2.05) is 31.5 Å². The molecule has 0 fully saturated rings. The fourth-order valence-corrected chi connectivity index (χ4v) is 2.04. The van der Waals surface area contributed by atoms with Crippen LogP contribution in [0.25, 0.3) is 0 Å². The molecule has 0 bridgehead atoms. The van der Waals surface area contributed by atoms with E-state index in [0.29, 0.717) is 0 Å². The van der Waals surface area contributed by atoms with Crippen LogP contribution in [-0.2, 0) is 6.42 Å². The third kappa shape index (κ3) is 3.38. The molecule has 0 aliphatic rings. The largest absolute Gasteiger partial charge is 0.324 e. The van der Waals surface area contributed by atoms with E-state index in [9.17, 15) is 0 Å². The molecule has 0 saturated heterocycles. The highest BCUT2D eigenvalue weighted by Gasteiger charge is 2.07. The Kier molecular flexibility index (Phi) is 3.92. The molecule has 2 N–H and O–H groups in total. The zero-order valence-corrected chi connectivity index (χ0v) is 11.3. The van der Waals surface area contributed by atoms with Crippen molar-refractivity contribution in [1.29, 1.82) is 0 Å². The molecule has 1 aromatic carbocycles. The molecule has 0 spiro atoms. The van der Waals surface area contributed by atoms with E-state index in [1.54, 1.807) is 0 Å². The Morgan fingerprint density at radius 2 is 1.94 bits per heavy atom. The van der Waals surface area contributed by atoms with Crippen molar-refractivity contribution in [3.05, 3.63) is 63.9 Å². The van der Waals surface area contributed by atoms with Gasteiger partial charge in [0, 0.05) is 22.9 Å². The first-order valence-corrected chi connectivity index (χ1v) is 6.36. The molecule has 88 valence electrons. The summed E-state index contributed by atoms with van der Waals surface area (Å²) in [4.78, 5) is 4.17. The summed E-state index contributed by atoms with van der Waals surface area (Å²) < 4.78 is 1.09. The molecular weight excluding hydrogens is 276 g/mol. The number of benzene rings is 1. The molecule has 1 aromatic heterocycles. The summed E-state index contributed by atoms with van der Waals surface area (Å²) in [6.07, 6.45) is 4.52. The summed E-state index contributed by atoms with van der Waals surface area (Å²) in [6.45, 7) is 2.03.